The molecule has 0 saturated carbocycles. The summed E-state index contributed by atoms with van der Waals surface area (Å²) >= 11 is 1.71. The summed E-state index contributed by atoms with van der Waals surface area (Å²) in [6.45, 7) is 12.5. The van der Waals surface area contributed by atoms with E-state index in [0.717, 1.165) is 36.0 Å². The lowest BCUT2D eigenvalue weighted by atomic mass is 10.1. The molecule has 2 aromatic rings. The largest absolute Gasteiger partial charge is 0.493 e. The number of nitrogens with one attached hydrogen (secondary N) is 1. The number of aryl methyl sites for hydroxylation is 1. The van der Waals surface area contributed by atoms with Crippen molar-refractivity contribution in [3.63, 3.8) is 0 Å². The van der Waals surface area contributed by atoms with Crippen molar-refractivity contribution in [2.24, 2.45) is 5.92 Å². The van der Waals surface area contributed by atoms with E-state index in [-0.39, 0.29) is 0 Å². The molecule has 0 bridgehead atoms. The molecule has 0 aliphatic rings. The van der Waals surface area contributed by atoms with E-state index in [1.54, 1.807) is 11.3 Å². The Kier molecular flexibility index (Phi) is 4.86. The van der Waals surface area contributed by atoms with Crippen LogP contribution in [0.2, 0.25) is 0 Å². The Hall–Kier alpha value is -1.29. The Morgan fingerprint density at radius 2 is 2.05 bits per heavy atom. The maximum atomic E-state index is 5.94. The summed E-state index contributed by atoms with van der Waals surface area (Å²) in [6.07, 6.45) is 1.11. The quantitative estimate of drug-likeness (QED) is 0.832. The molecule has 1 aromatic carbocycles. The molecule has 0 spiro atoms. The zero-order valence-corrected chi connectivity index (χ0v) is 13.9. The van der Waals surface area contributed by atoms with Gasteiger partial charge in [-0.3, -0.25) is 0 Å². The van der Waals surface area contributed by atoms with Crippen molar-refractivity contribution in [1.82, 2.24) is 4.98 Å². The van der Waals surface area contributed by atoms with Crippen LogP contribution in [0.25, 0.3) is 10.2 Å². The van der Waals surface area contributed by atoms with Crippen molar-refractivity contribution in [3.05, 3.63) is 17.2 Å². The molecular weight excluding hydrogens is 268 g/mol. The van der Waals surface area contributed by atoms with Gasteiger partial charge in [-0.2, -0.15) is 0 Å². The molecule has 20 heavy (non-hydrogen) atoms. The Labute approximate surface area is 125 Å². The first-order chi connectivity index (χ1) is 9.52. The summed E-state index contributed by atoms with van der Waals surface area (Å²) in [5.41, 5.74) is 3.52. The molecule has 0 unspecified atom stereocenters. The van der Waals surface area contributed by atoms with Gasteiger partial charge in [0, 0.05) is 6.54 Å². The monoisotopic (exact) mass is 292 g/mol. The molecule has 0 fully saturated rings. The minimum absolute atomic E-state index is 0.536. The number of benzene rings is 1. The number of ether oxygens (including phenoxy) is 1. The van der Waals surface area contributed by atoms with Gasteiger partial charge in [0.1, 0.15) is 5.75 Å². The molecule has 0 amide bonds. The number of aromatic nitrogens is 1. The molecule has 4 heteroatoms. The standard InChI is InChI=1S/C16H24N2OS/c1-6-7-17-16-18-15-12(5)11(4)13(8-14(15)20-16)19-9-10(2)3/h8,10H,6-7,9H2,1-5H3,(H,17,18). The number of hydrogen-bond donors (Lipinski definition) is 1. The molecule has 0 aliphatic carbocycles. The fourth-order valence-corrected chi connectivity index (χ4v) is 2.98. The third kappa shape index (κ3) is 3.23. The van der Waals surface area contributed by atoms with E-state index in [9.17, 15) is 0 Å². The molecule has 0 radical (unpaired) electrons. The topological polar surface area (TPSA) is 34.2 Å². The van der Waals surface area contributed by atoms with Gasteiger partial charge in [0.2, 0.25) is 0 Å². The Balaban J connectivity index is 2.34. The number of thiazole rings is 1. The number of fused-ring (bicyclic) bond motifs is 1. The van der Waals surface area contributed by atoms with Crippen LogP contribution in [0.5, 0.6) is 5.75 Å². The van der Waals surface area contributed by atoms with Crippen molar-refractivity contribution in [3.8, 4) is 5.75 Å². The van der Waals surface area contributed by atoms with Crippen LogP contribution in [0.3, 0.4) is 0 Å². The summed E-state index contributed by atoms with van der Waals surface area (Å²) in [5.74, 6) is 1.53. The maximum Gasteiger partial charge on any atom is 0.183 e. The lowest BCUT2D eigenvalue weighted by Crippen LogP contribution is -2.06. The Morgan fingerprint density at radius 1 is 1.30 bits per heavy atom. The van der Waals surface area contributed by atoms with Crippen molar-refractivity contribution in [2.75, 3.05) is 18.5 Å². The molecule has 1 heterocycles. The van der Waals surface area contributed by atoms with Crippen LogP contribution in [0.15, 0.2) is 6.07 Å². The number of hydrogen-bond acceptors (Lipinski definition) is 4. The third-order valence-corrected chi connectivity index (χ3v) is 4.26. The predicted octanol–water partition coefficient (Wildman–Crippen LogP) is 4.77. The van der Waals surface area contributed by atoms with Crippen LogP contribution >= 0.6 is 11.3 Å². The number of nitrogens with zero attached hydrogens (tertiary/aromatic N) is 1. The first kappa shape index (κ1) is 15.1. The maximum absolute atomic E-state index is 5.94. The smallest absolute Gasteiger partial charge is 0.183 e. The third-order valence-electron chi connectivity index (χ3n) is 3.30. The summed E-state index contributed by atoms with van der Waals surface area (Å²) < 4.78 is 7.14. The van der Waals surface area contributed by atoms with E-state index in [1.165, 1.54) is 15.8 Å². The molecule has 0 saturated heterocycles. The fraction of sp³-hybridized carbons (Fsp3) is 0.562. The highest BCUT2D eigenvalue weighted by Crippen LogP contribution is 2.35. The lowest BCUT2D eigenvalue weighted by Gasteiger charge is -2.13. The molecule has 1 N–H and O–H groups in total. The second-order valence-corrected chi connectivity index (χ2v) is 6.65. The second-order valence-electron chi connectivity index (χ2n) is 5.62. The van der Waals surface area contributed by atoms with Gasteiger partial charge in [0.15, 0.2) is 5.13 Å². The summed E-state index contributed by atoms with van der Waals surface area (Å²) in [5, 5.41) is 4.37. The van der Waals surface area contributed by atoms with Crippen molar-refractivity contribution in [2.45, 2.75) is 41.0 Å². The van der Waals surface area contributed by atoms with Crippen LogP contribution < -0.4 is 10.1 Å². The first-order valence-electron chi connectivity index (χ1n) is 7.30. The van der Waals surface area contributed by atoms with E-state index < -0.39 is 0 Å². The molecular formula is C16H24N2OS. The van der Waals surface area contributed by atoms with Crippen LogP contribution in [0, 0.1) is 19.8 Å². The SMILES string of the molecule is CCCNc1nc2c(C)c(C)c(OCC(C)C)cc2s1. The predicted molar refractivity (Wildman–Crippen MR) is 88.2 cm³/mol. The van der Waals surface area contributed by atoms with Crippen LogP contribution in [-0.2, 0) is 0 Å². The minimum atomic E-state index is 0.536. The zero-order valence-electron chi connectivity index (χ0n) is 13.0. The highest BCUT2D eigenvalue weighted by atomic mass is 32.1. The van der Waals surface area contributed by atoms with Gasteiger partial charge < -0.3 is 10.1 Å². The van der Waals surface area contributed by atoms with Crippen molar-refractivity contribution >= 4 is 26.7 Å². The van der Waals surface area contributed by atoms with Gasteiger partial charge in [-0.05, 0) is 43.4 Å². The average molecular weight is 292 g/mol. The molecule has 0 atom stereocenters. The van der Waals surface area contributed by atoms with Crippen molar-refractivity contribution < 1.29 is 4.74 Å². The highest BCUT2D eigenvalue weighted by Gasteiger charge is 2.13. The van der Waals surface area contributed by atoms with E-state index in [1.807, 2.05) is 0 Å². The van der Waals surface area contributed by atoms with E-state index >= 15 is 0 Å². The second kappa shape index (κ2) is 6.44. The first-order valence-corrected chi connectivity index (χ1v) is 8.12. The van der Waals surface area contributed by atoms with Gasteiger partial charge in [0.05, 0.1) is 16.8 Å². The normalized spacial score (nSPS) is 11.3. The summed E-state index contributed by atoms with van der Waals surface area (Å²) in [7, 11) is 0. The minimum Gasteiger partial charge on any atom is -0.493 e. The molecule has 1 aromatic heterocycles. The van der Waals surface area contributed by atoms with Crippen LogP contribution in [0.1, 0.15) is 38.3 Å². The number of rotatable bonds is 6. The molecule has 0 aliphatic heterocycles. The zero-order chi connectivity index (χ0) is 14.7. The van der Waals surface area contributed by atoms with Crippen molar-refractivity contribution in [1.29, 1.82) is 0 Å². The van der Waals surface area contributed by atoms with Gasteiger partial charge in [-0.15, -0.1) is 0 Å². The summed E-state index contributed by atoms with van der Waals surface area (Å²) in [4.78, 5) is 4.70. The van der Waals surface area contributed by atoms with E-state index in [0.29, 0.717) is 5.92 Å². The lowest BCUT2D eigenvalue weighted by molar-refractivity contribution is 0.269. The summed E-state index contributed by atoms with van der Waals surface area (Å²) in [6, 6.07) is 2.13. The van der Waals surface area contributed by atoms with Crippen LogP contribution in [-0.4, -0.2) is 18.1 Å². The molecule has 3 nitrogen and oxygen atoms in total. The van der Waals surface area contributed by atoms with Gasteiger partial charge >= 0.3 is 0 Å². The van der Waals surface area contributed by atoms with Crippen LogP contribution in [0.4, 0.5) is 5.13 Å². The fourth-order valence-electron chi connectivity index (χ4n) is 2.00. The van der Waals surface area contributed by atoms with Gasteiger partial charge in [-0.25, -0.2) is 4.98 Å². The molecule has 110 valence electrons. The highest BCUT2D eigenvalue weighted by molar-refractivity contribution is 7.22. The van der Waals surface area contributed by atoms with Gasteiger partial charge in [0.25, 0.3) is 0 Å². The van der Waals surface area contributed by atoms with E-state index in [2.05, 4.69) is 46.0 Å². The van der Waals surface area contributed by atoms with Gasteiger partial charge in [-0.1, -0.05) is 32.1 Å². The Bertz CT molecular complexity index is 590. The Morgan fingerprint density at radius 3 is 2.70 bits per heavy atom. The van der Waals surface area contributed by atoms with E-state index in [4.69, 9.17) is 9.72 Å². The average Bonchev–Trinajstić information content (AvgIpc) is 2.82. The number of anilines is 1. The molecule has 2 rings (SSSR count).